The van der Waals surface area contributed by atoms with Crippen LogP contribution in [0, 0.1) is 11.6 Å². The summed E-state index contributed by atoms with van der Waals surface area (Å²) >= 11 is 0. The number of pyridine rings is 1. The Morgan fingerprint density at radius 3 is 2.60 bits per heavy atom. The van der Waals surface area contributed by atoms with Crippen molar-refractivity contribution in [3.63, 3.8) is 0 Å². The van der Waals surface area contributed by atoms with E-state index in [4.69, 9.17) is 5.73 Å². The van der Waals surface area contributed by atoms with E-state index in [-0.39, 0.29) is 5.82 Å². The fraction of sp³-hybridized carbons (Fsp3) is 0. The summed E-state index contributed by atoms with van der Waals surface area (Å²) in [5.74, 6) is -1.58. The molecule has 3 N–H and O–H groups in total. The molecule has 2 heterocycles. The van der Waals surface area contributed by atoms with Crippen molar-refractivity contribution >= 4 is 5.82 Å². The van der Waals surface area contributed by atoms with Crippen LogP contribution in [-0.2, 0) is 0 Å². The van der Waals surface area contributed by atoms with E-state index < -0.39 is 11.6 Å². The topological polar surface area (TPSA) is 67.6 Å². The molecule has 3 rings (SSSR count). The Balaban J connectivity index is 2.18. The fourth-order valence-electron chi connectivity index (χ4n) is 1.99. The predicted octanol–water partition coefficient (Wildman–Crippen LogP) is 3.00. The van der Waals surface area contributed by atoms with Gasteiger partial charge < -0.3 is 5.73 Å². The molecule has 0 aliphatic heterocycles. The highest BCUT2D eigenvalue weighted by Crippen LogP contribution is 2.33. The van der Waals surface area contributed by atoms with Gasteiger partial charge in [0.15, 0.2) is 17.5 Å². The molecule has 1 aromatic carbocycles. The van der Waals surface area contributed by atoms with Gasteiger partial charge >= 0.3 is 0 Å². The molecular formula is C14H10F2N4. The van der Waals surface area contributed by atoms with Gasteiger partial charge in [-0.3, -0.25) is 10.1 Å². The standard InChI is InChI=1S/C14H10F2N4/c15-9-5-4-8(7-10(9)16)13-12(14(17)20-19-13)11-3-1-2-6-18-11/h1-7H,(H3,17,19,20). The van der Waals surface area contributed by atoms with Gasteiger partial charge in [0.2, 0.25) is 0 Å². The number of benzene rings is 1. The van der Waals surface area contributed by atoms with Gasteiger partial charge in [-0.15, -0.1) is 0 Å². The monoisotopic (exact) mass is 272 g/mol. The SMILES string of the molecule is Nc1n[nH]c(-c2ccc(F)c(F)c2)c1-c1ccccn1. The van der Waals surface area contributed by atoms with Gasteiger partial charge in [0.25, 0.3) is 0 Å². The summed E-state index contributed by atoms with van der Waals surface area (Å²) in [5.41, 5.74) is 7.96. The molecule has 2 aromatic heterocycles. The Morgan fingerprint density at radius 2 is 1.90 bits per heavy atom. The fourth-order valence-corrected chi connectivity index (χ4v) is 1.99. The second-order valence-corrected chi connectivity index (χ2v) is 4.20. The summed E-state index contributed by atoms with van der Waals surface area (Å²) in [5, 5.41) is 6.65. The van der Waals surface area contributed by atoms with E-state index >= 15 is 0 Å². The number of aromatic amines is 1. The molecule has 0 aliphatic rings. The van der Waals surface area contributed by atoms with E-state index in [1.165, 1.54) is 6.07 Å². The smallest absolute Gasteiger partial charge is 0.159 e. The molecule has 0 amide bonds. The van der Waals surface area contributed by atoms with Crippen LogP contribution in [0.2, 0.25) is 0 Å². The summed E-state index contributed by atoms with van der Waals surface area (Å²) < 4.78 is 26.4. The minimum absolute atomic E-state index is 0.253. The molecule has 4 nitrogen and oxygen atoms in total. The lowest BCUT2D eigenvalue weighted by atomic mass is 10.0. The summed E-state index contributed by atoms with van der Waals surface area (Å²) in [6.07, 6.45) is 1.62. The summed E-state index contributed by atoms with van der Waals surface area (Å²) in [6, 6.07) is 8.96. The number of nitrogen functional groups attached to an aromatic ring is 1. The first-order valence-corrected chi connectivity index (χ1v) is 5.87. The van der Waals surface area contributed by atoms with Crippen molar-refractivity contribution in [2.24, 2.45) is 0 Å². The molecule has 0 spiro atoms. The molecular weight excluding hydrogens is 262 g/mol. The number of H-pyrrole nitrogens is 1. The third kappa shape index (κ3) is 2.01. The highest BCUT2D eigenvalue weighted by atomic mass is 19.2. The number of nitrogens with one attached hydrogen (secondary N) is 1. The quantitative estimate of drug-likeness (QED) is 0.753. The van der Waals surface area contributed by atoms with E-state index in [9.17, 15) is 8.78 Å². The molecule has 0 radical (unpaired) electrons. The number of aromatic nitrogens is 3. The molecule has 3 aromatic rings. The number of nitrogens with two attached hydrogens (primary N) is 1. The van der Waals surface area contributed by atoms with Gasteiger partial charge in [-0.25, -0.2) is 8.78 Å². The van der Waals surface area contributed by atoms with Crippen molar-refractivity contribution in [1.82, 2.24) is 15.2 Å². The molecule has 6 heteroatoms. The Morgan fingerprint density at radius 1 is 1.05 bits per heavy atom. The predicted molar refractivity (Wildman–Crippen MR) is 71.6 cm³/mol. The van der Waals surface area contributed by atoms with Gasteiger partial charge in [-0.1, -0.05) is 6.07 Å². The van der Waals surface area contributed by atoms with Gasteiger partial charge in [-0.05, 0) is 30.3 Å². The zero-order chi connectivity index (χ0) is 14.1. The van der Waals surface area contributed by atoms with Crippen LogP contribution in [0.1, 0.15) is 0 Å². The van der Waals surface area contributed by atoms with Crippen LogP contribution in [0.25, 0.3) is 22.5 Å². The van der Waals surface area contributed by atoms with Gasteiger partial charge in [-0.2, -0.15) is 5.10 Å². The summed E-state index contributed by atoms with van der Waals surface area (Å²) in [4.78, 5) is 4.20. The molecule has 0 fully saturated rings. The number of hydrogen-bond acceptors (Lipinski definition) is 3. The Kier molecular flexibility index (Phi) is 2.90. The zero-order valence-corrected chi connectivity index (χ0v) is 10.3. The summed E-state index contributed by atoms with van der Waals surface area (Å²) in [6.45, 7) is 0. The van der Waals surface area contributed by atoms with E-state index in [1.807, 2.05) is 6.07 Å². The van der Waals surface area contributed by atoms with Gasteiger partial charge in [0.1, 0.15) is 0 Å². The zero-order valence-electron chi connectivity index (χ0n) is 10.3. The van der Waals surface area contributed by atoms with Gasteiger partial charge in [0.05, 0.1) is 17.0 Å². The van der Waals surface area contributed by atoms with Crippen LogP contribution in [0.5, 0.6) is 0 Å². The van der Waals surface area contributed by atoms with E-state index in [0.717, 1.165) is 12.1 Å². The first kappa shape index (κ1) is 12.3. The van der Waals surface area contributed by atoms with Crippen LogP contribution in [-0.4, -0.2) is 15.2 Å². The number of nitrogens with zero attached hydrogens (tertiary/aromatic N) is 2. The van der Waals surface area contributed by atoms with E-state index in [0.29, 0.717) is 22.5 Å². The maximum Gasteiger partial charge on any atom is 0.159 e. The highest BCUT2D eigenvalue weighted by Gasteiger charge is 2.16. The lowest BCUT2D eigenvalue weighted by Gasteiger charge is -2.04. The average molecular weight is 272 g/mol. The van der Waals surface area contributed by atoms with Crippen LogP contribution < -0.4 is 5.73 Å². The molecule has 20 heavy (non-hydrogen) atoms. The number of hydrogen-bond donors (Lipinski definition) is 2. The molecule has 0 aliphatic carbocycles. The lowest BCUT2D eigenvalue weighted by Crippen LogP contribution is -1.91. The number of rotatable bonds is 2. The Hall–Kier alpha value is -2.76. The minimum atomic E-state index is -0.928. The van der Waals surface area contributed by atoms with Crippen molar-refractivity contribution in [3.05, 3.63) is 54.2 Å². The maximum atomic E-state index is 13.3. The average Bonchev–Trinajstić information content (AvgIpc) is 2.85. The number of anilines is 1. The first-order chi connectivity index (χ1) is 9.66. The largest absolute Gasteiger partial charge is 0.382 e. The normalized spacial score (nSPS) is 10.7. The molecule has 0 unspecified atom stereocenters. The molecule has 0 saturated carbocycles. The Bertz CT molecular complexity index is 753. The van der Waals surface area contributed by atoms with Crippen LogP contribution in [0.4, 0.5) is 14.6 Å². The van der Waals surface area contributed by atoms with E-state index in [1.54, 1.807) is 18.3 Å². The summed E-state index contributed by atoms with van der Waals surface area (Å²) in [7, 11) is 0. The Labute approximate surface area is 113 Å². The first-order valence-electron chi connectivity index (χ1n) is 5.87. The number of halogens is 2. The molecule has 0 atom stereocenters. The molecule has 0 bridgehead atoms. The third-order valence-corrected chi connectivity index (χ3v) is 2.92. The van der Waals surface area contributed by atoms with Crippen LogP contribution in [0.3, 0.4) is 0 Å². The molecule has 0 saturated heterocycles. The van der Waals surface area contributed by atoms with Crippen molar-refractivity contribution < 1.29 is 8.78 Å². The minimum Gasteiger partial charge on any atom is -0.382 e. The van der Waals surface area contributed by atoms with E-state index in [2.05, 4.69) is 15.2 Å². The van der Waals surface area contributed by atoms with Gasteiger partial charge in [0, 0.05) is 11.8 Å². The second-order valence-electron chi connectivity index (χ2n) is 4.20. The van der Waals surface area contributed by atoms with Crippen molar-refractivity contribution in [1.29, 1.82) is 0 Å². The van der Waals surface area contributed by atoms with Crippen LogP contribution >= 0.6 is 0 Å². The second kappa shape index (κ2) is 4.73. The molecule has 100 valence electrons. The van der Waals surface area contributed by atoms with Crippen LogP contribution in [0.15, 0.2) is 42.6 Å². The van der Waals surface area contributed by atoms with Crippen molar-refractivity contribution in [3.8, 4) is 22.5 Å². The van der Waals surface area contributed by atoms with Crippen molar-refractivity contribution in [2.45, 2.75) is 0 Å². The third-order valence-electron chi connectivity index (χ3n) is 2.92. The lowest BCUT2D eigenvalue weighted by molar-refractivity contribution is 0.509. The maximum absolute atomic E-state index is 13.3. The highest BCUT2D eigenvalue weighted by molar-refractivity contribution is 5.86. The van der Waals surface area contributed by atoms with Crippen molar-refractivity contribution in [2.75, 3.05) is 5.73 Å².